The summed E-state index contributed by atoms with van der Waals surface area (Å²) in [6.45, 7) is 55.3. The lowest BCUT2D eigenvalue weighted by atomic mass is 9.85. The highest BCUT2D eigenvalue weighted by atomic mass is 15.1. The normalized spacial score (nSPS) is 13.5. The summed E-state index contributed by atoms with van der Waals surface area (Å²) in [6, 6.07) is 82.9. The SMILES string of the molecule is CC(C)(C)c1ccc2c(c1)c1cc(C(C)(C)C)ccc1n2-c1cccc2c1-c1nc-2nc2[nH]c(nc3nc(nc4[nH]c(n1)c1cccc(-n5c6ccc(C(C)(C)C)cc6c6cc(C(C)(C)C)ccc65)c41)-c1cccc(-n4c5ccc(C(C)(C)C)cc5c5cc(C(C)(C)C)ccc54)c1-3)c1cccc(-n3c4ccc(C(C)(C)C)cc4c4cc(C(C)(C)C)ccc43)c21. The average molecular weight is 1620 g/mol. The van der Waals surface area contributed by atoms with E-state index in [0.29, 0.717) is 45.9 Å². The molecule has 0 aliphatic carbocycles. The van der Waals surface area contributed by atoms with Crippen molar-refractivity contribution in [3.63, 3.8) is 0 Å². The summed E-state index contributed by atoms with van der Waals surface area (Å²) in [6.07, 6.45) is 0. The van der Waals surface area contributed by atoms with Gasteiger partial charge in [-0.25, -0.2) is 29.9 Å². The number of nitrogens with one attached hydrogen (secondary N) is 2. The van der Waals surface area contributed by atoms with Gasteiger partial charge >= 0.3 is 0 Å². The number of hydrogen-bond acceptors (Lipinski definition) is 6. The average Bonchev–Trinajstić information content (AvgIpc) is 1.56. The van der Waals surface area contributed by atoms with E-state index in [1.54, 1.807) is 0 Å². The van der Waals surface area contributed by atoms with Crippen molar-refractivity contribution in [2.75, 3.05) is 0 Å². The molecule has 2 aliphatic rings. The third-order valence-corrected chi connectivity index (χ3v) is 26.8. The lowest BCUT2D eigenvalue weighted by Gasteiger charge is -2.19. The molecule has 7 aromatic heterocycles. The minimum absolute atomic E-state index is 0.111. The molecule has 21 rings (SSSR count). The van der Waals surface area contributed by atoms with E-state index in [4.69, 9.17) is 29.9 Å². The molecule has 0 spiro atoms. The zero-order valence-corrected chi connectivity index (χ0v) is 76.3. The molecule has 12 nitrogen and oxygen atoms in total. The van der Waals surface area contributed by atoms with E-state index < -0.39 is 0 Å². The number of benzene rings is 12. The van der Waals surface area contributed by atoms with Crippen molar-refractivity contribution in [2.45, 2.75) is 209 Å². The fourth-order valence-corrected chi connectivity index (χ4v) is 19.5. The van der Waals surface area contributed by atoms with Crippen LogP contribution in [0.25, 0.3) is 200 Å². The van der Waals surface area contributed by atoms with E-state index in [1.165, 1.54) is 87.6 Å². The number of fused-ring (bicyclic) bond motifs is 32. The Balaban J connectivity index is 0.938. The van der Waals surface area contributed by atoms with Crippen molar-refractivity contribution >= 4 is 131 Å². The molecule has 12 aromatic carbocycles. The summed E-state index contributed by atoms with van der Waals surface area (Å²) in [7, 11) is 0. The zero-order chi connectivity index (χ0) is 86.8. The van der Waals surface area contributed by atoms with Gasteiger partial charge in [0.1, 0.15) is 22.6 Å². The third-order valence-electron chi connectivity index (χ3n) is 26.8. The fourth-order valence-electron chi connectivity index (χ4n) is 19.5. The lowest BCUT2D eigenvalue weighted by Crippen LogP contribution is -2.10. The van der Waals surface area contributed by atoms with Crippen LogP contribution in [0.3, 0.4) is 0 Å². The zero-order valence-electron chi connectivity index (χ0n) is 76.3. The largest absolute Gasteiger partial charge is 0.324 e. The van der Waals surface area contributed by atoms with Crippen LogP contribution < -0.4 is 0 Å². The van der Waals surface area contributed by atoms with E-state index in [2.05, 4.69) is 413 Å². The second kappa shape index (κ2) is 26.4. The van der Waals surface area contributed by atoms with Gasteiger partial charge in [0.25, 0.3) is 0 Å². The van der Waals surface area contributed by atoms with Crippen LogP contribution in [0.15, 0.2) is 218 Å². The van der Waals surface area contributed by atoms with Crippen molar-refractivity contribution in [1.82, 2.24) is 58.1 Å². The molecule has 0 unspecified atom stereocenters. The maximum absolute atomic E-state index is 6.06. The molecule has 0 atom stereocenters. The van der Waals surface area contributed by atoms with Gasteiger partial charge in [0.2, 0.25) is 0 Å². The number of H-pyrrole nitrogens is 2. The molecule has 8 bridgehead atoms. The van der Waals surface area contributed by atoms with Crippen LogP contribution in [0, 0.1) is 0 Å². The van der Waals surface area contributed by atoms with E-state index in [-0.39, 0.29) is 43.3 Å². The number of rotatable bonds is 4. The quantitative estimate of drug-likeness (QED) is 0.181. The molecule has 2 N–H and O–H groups in total. The first-order chi connectivity index (χ1) is 58.5. The van der Waals surface area contributed by atoms with Crippen LogP contribution in [-0.4, -0.2) is 58.1 Å². The highest BCUT2D eigenvalue weighted by Crippen LogP contribution is 2.50. The first kappa shape index (κ1) is 78.5. The predicted octanol–water partition coefficient (Wildman–Crippen LogP) is 29.6. The molecule has 618 valence electrons. The smallest absolute Gasteiger partial charge is 0.166 e. The van der Waals surface area contributed by atoms with E-state index in [9.17, 15) is 0 Å². The Labute approximate surface area is 725 Å². The second-order valence-electron chi connectivity index (χ2n) is 43.6. The summed E-state index contributed by atoms with van der Waals surface area (Å²) >= 11 is 0. The Morgan fingerprint density at radius 1 is 0.194 bits per heavy atom. The highest BCUT2D eigenvalue weighted by Gasteiger charge is 2.34. The third kappa shape index (κ3) is 12.2. The Bertz CT molecular complexity index is 7290. The maximum atomic E-state index is 6.06. The number of hydrogen-bond donors (Lipinski definition) is 2. The molecule has 19 aromatic rings. The first-order valence-corrected chi connectivity index (χ1v) is 44.2. The summed E-state index contributed by atoms with van der Waals surface area (Å²) in [4.78, 5) is 44.1. The summed E-state index contributed by atoms with van der Waals surface area (Å²) in [5, 5.41) is 12.9. The minimum Gasteiger partial charge on any atom is -0.324 e. The molecule has 0 fully saturated rings. The summed E-state index contributed by atoms with van der Waals surface area (Å²) in [5.74, 6) is 1.99. The standard InChI is InChI=1S/C112H110N12/c1-105(2,3)61-37-45-81-73(53-61)74-54-62(106(4,5)6)38-46-82(74)121(81)89-33-25-29-69-93(89)101-113-97(69)118-102-95-71(31-27-35-91(95)123-85-49-41-65(109(13,14)15)57-77(85)78-58-66(110(16,17)18)42-50-86(78)123)99(115-102)120-104-96-72(32-28-36-92(96)124-87-51-43-67(111(19,20)21)59-79(87)80-60-68(112(22,23)24)44-52-88(80)124)100(116-104)119-103-94-70(98(114-103)117-101)30-26-34-90(94)122-83-47-39-63(107(7,8)9)55-75(83)76-56-64(108(10,11)12)40-48-84(76)122/h25-60H,1-24H3,(H2,113,114,115,116,117,118,119,120). The van der Waals surface area contributed by atoms with Crippen LogP contribution in [0.1, 0.15) is 211 Å². The van der Waals surface area contributed by atoms with E-state index in [0.717, 1.165) is 111 Å². The fraction of sp³-hybridized carbons (Fsp3) is 0.286. The van der Waals surface area contributed by atoms with E-state index in [1.807, 2.05) is 0 Å². The summed E-state index contributed by atoms with van der Waals surface area (Å²) in [5.41, 5.74) is 27.3. The molecule has 9 heterocycles. The second-order valence-corrected chi connectivity index (χ2v) is 43.6. The Kier molecular flexibility index (Phi) is 16.7. The van der Waals surface area contributed by atoms with Crippen LogP contribution in [0.2, 0.25) is 0 Å². The molecule has 12 heteroatoms. The van der Waals surface area contributed by atoms with Gasteiger partial charge in [-0.3, -0.25) is 0 Å². The van der Waals surface area contributed by atoms with Crippen molar-refractivity contribution in [3.8, 4) is 68.3 Å². The number of aromatic nitrogens is 12. The van der Waals surface area contributed by atoms with Gasteiger partial charge in [0, 0.05) is 65.0 Å². The van der Waals surface area contributed by atoms with Crippen LogP contribution in [0.4, 0.5) is 0 Å². The van der Waals surface area contributed by atoms with Gasteiger partial charge in [0.05, 0.1) is 88.8 Å². The van der Waals surface area contributed by atoms with Gasteiger partial charge in [-0.1, -0.05) is 263 Å². The first-order valence-electron chi connectivity index (χ1n) is 44.2. The topological polar surface area (TPSA) is 129 Å². The van der Waals surface area contributed by atoms with Crippen molar-refractivity contribution in [3.05, 3.63) is 263 Å². The van der Waals surface area contributed by atoms with Crippen molar-refractivity contribution in [2.24, 2.45) is 0 Å². The molecule has 0 radical (unpaired) electrons. The van der Waals surface area contributed by atoms with Crippen molar-refractivity contribution < 1.29 is 0 Å². The Morgan fingerprint density at radius 3 is 0.621 bits per heavy atom. The predicted molar refractivity (Wildman–Crippen MR) is 523 cm³/mol. The van der Waals surface area contributed by atoms with Gasteiger partial charge in [-0.2, -0.15) is 0 Å². The van der Waals surface area contributed by atoms with Crippen LogP contribution >= 0.6 is 0 Å². The molecular weight excluding hydrogens is 1510 g/mol. The van der Waals surface area contributed by atoms with Crippen molar-refractivity contribution in [1.29, 1.82) is 0 Å². The van der Waals surface area contributed by atoms with Gasteiger partial charge < -0.3 is 28.2 Å². The molecule has 0 saturated carbocycles. The Morgan fingerprint density at radius 2 is 0.395 bits per heavy atom. The summed E-state index contributed by atoms with van der Waals surface area (Å²) < 4.78 is 9.81. The molecule has 124 heavy (non-hydrogen) atoms. The van der Waals surface area contributed by atoms with Gasteiger partial charge in [0.15, 0.2) is 23.3 Å². The molecule has 0 amide bonds. The molecule has 0 saturated heterocycles. The van der Waals surface area contributed by atoms with Gasteiger partial charge in [-0.05, 0) is 209 Å². The van der Waals surface area contributed by atoms with Gasteiger partial charge in [-0.15, -0.1) is 0 Å². The van der Waals surface area contributed by atoms with Crippen LogP contribution in [0.5, 0.6) is 0 Å². The lowest BCUT2D eigenvalue weighted by molar-refractivity contribution is 0.590. The maximum Gasteiger partial charge on any atom is 0.166 e. The van der Waals surface area contributed by atoms with Crippen LogP contribution in [-0.2, 0) is 43.3 Å². The van der Waals surface area contributed by atoms with E-state index >= 15 is 0 Å². The monoisotopic (exact) mass is 1620 g/mol. The Hall–Kier alpha value is -12.8. The number of aromatic amines is 2. The minimum atomic E-state index is -0.112. The molecule has 2 aliphatic heterocycles. The molecular formula is C112H110N12. The number of nitrogens with zero attached hydrogens (tertiary/aromatic N) is 10. The highest BCUT2D eigenvalue weighted by molar-refractivity contribution is 6.19.